The maximum atomic E-state index is 5.71. The minimum atomic E-state index is 0.456. The third-order valence-corrected chi connectivity index (χ3v) is 2.10. The zero-order valence-electron chi connectivity index (χ0n) is 8.94. The van der Waals surface area contributed by atoms with Crippen LogP contribution in [0.5, 0.6) is 0 Å². The fourth-order valence-corrected chi connectivity index (χ4v) is 1.35. The number of nitrogens with zero attached hydrogens (tertiary/aromatic N) is 2. The molecule has 0 fully saturated rings. The van der Waals surface area contributed by atoms with E-state index in [1.807, 2.05) is 18.2 Å². The molecule has 0 bridgehead atoms. The second-order valence-corrected chi connectivity index (χ2v) is 3.30. The molecular weight excluding hydrogens is 202 g/mol. The number of hydrogen-bond donors (Lipinski definition) is 3. The molecule has 1 aromatic heterocycles. The van der Waals surface area contributed by atoms with Crippen LogP contribution in [0.4, 0.5) is 5.69 Å². The van der Waals surface area contributed by atoms with Gasteiger partial charge < -0.3 is 11.1 Å². The van der Waals surface area contributed by atoms with E-state index in [2.05, 4.69) is 20.5 Å². The van der Waals surface area contributed by atoms with E-state index in [0.29, 0.717) is 5.84 Å². The minimum absolute atomic E-state index is 0.456. The van der Waals surface area contributed by atoms with Gasteiger partial charge in [0.15, 0.2) is 0 Å². The molecule has 0 spiro atoms. The first-order valence-electron chi connectivity index (χ1n) is 4.91. The molecule has 0 atom stereocenters. The first kappa shape index (κ1) is 10.2. The van der Waals surface area contributed by atoms with Crippen LogP contribution in [0.3, 0.4) is 0 Å². The first-order chi connectivity index (χ1) is 7.79. The van der Waals surface area contributed by atoms with Gasteiger partial charge in [-0.05, 0) is 30.5 Å². The monoisotopic (exact) mass is 215 g/mol. The molecule has 5 heteroatoms. The van der Waals surface area contributed by atoms with Gasteiger partial charge in [0.1, 0.15) is 5.84 Å². The Bertz CT molecular complexity index is 538. The normalized spacial score (nSPS) is 12.4. The topological polar surface area (TPSA) is 79.1 Å². The van der Waals surface area contributed by atoms with Gasteiger partial charge in [-0.25, -0.2) is 4.99 Å². The van der Waals surface area contributed by atoms with Crippen molar-refractivity contribution in [3.63, 3.8) is 0 Å². The molecule has 5 nitrogen and oxygen atoms in total. The van der Waals surface area contributed by atoms with Gasteiger partial charge in [-0.2, -0.15) is 5.10 Å². The Hall–Kier alpha value is -2.30. The maximum Gasteiger partial charge on any atom is 0.125 e. The quantitative estimate of drug-likeness (QED) is 0.533. The summed E-state index contributed by atoms with van der Waals surface area (Å²) < 4.78 is 0. The largest absolute Gasteiger partial charge is 0.394 e. The van der Waals surface area contributed by atoms with Gasteiger partial charge in [-0.1, -0.05) is 0 Å². The van der Waals surface area contributed by atoms with Crippen LogP contribution < -0.4 is 11.1 Å². The van der Waals surface area contributed by atoms with Crippen molar-refractivity contribution in [3.8, 4) is 0 Å². The summed E-state index contributed by atoms with van der Waals surface area (Å²) in [7, 11) is 1.81. The number of aromatic amines is 1. The predicted molar refractivity (Wildman–Crippen MR) is 65.6 cm³/mol. The van der Waals surface area contributed by atoms with E-state index < -0.39 is 0 Å². The summed E-state index contributed by atoms with van der Waals surface area (Å²) >= 11 is 0. The van der Waals surface area contributed by atoms with Gasteiger partial charge >= 0.3 is 0 Å². The van der Waals surface area contributed by atoms with E-state index in [-0.39, 0.29) is 0 Å². The van der Waals surface area contributed by atoms with E-state index in [0.717, 1.165) is 16.6 Å². The summed E-state index contributed by atoms with van der Waals surface area (Å²) in [5.41, 5.74) is 7.51. The van der Waals surface area contributed by atoms with Crippen molar-refractivity contribution in [1.29, 1.82) is 0 Å². The van der Waals surface area contributed by atoms with Crippen molar-refractivity contribution in [2.24, 2.45) is 10.7 Å². The van der Waals surface area contributed by atoms with E-state index in [1.54, 1.807) is 25.5 Å². The zero-order chi connectivity index (χ0) is 11.4. The lowest BCUT2D eigenvalue weighted by atomic mass is 10.2. The summed E-state index contributed by atoms with van der Waals surface area (Å²) in [5, 5.41) is 10.7. The number of hydrogen-bond acceptors (Lipinski definition) is 3. The molecule has 0 saturated carbocycles. The molecule has 0 aliphatic heterocycles. The van der Waals surface area contributed by atoms with Crippen molar-refractivity contribution in [2.45, 2.75) is 0 Å². The molecule has 0 saturated heterocycles. The number of aliphatic imine (C=N–C) groups is 1. The second kappa shape index (κ2) is 4.48. The molecule has 1 heterocycles. The Kier molecular flexibility index (Phi) is 2.86. The standard InChI is InChI=1S/C11H13N5/c1-13-5-4-11(12)15-9-2-3-10-8(6-9)7-14-16-10/h2-7,13H,1H3,(H2,12,15)(H,14,16)/b5-4-. The fraction of sp³-hybridized carbons (Fsp3) is 0.0909. The molecule has 0 radical (unpaired) electrons. The predicted octanol–water partition coefficient (Wildman–Crippen LogP) is 1.28. The average Bonchev–Trinajstić information content (AvgIpc) is 2.73. The Morgan fingerprint density at radius 1 is 1.56 bits per heavy atom. The minimum Gasteiger partial charge on any atom is -0.394 e. The van der Waals surface area contributed by atoms with Crippen LogP contribution in [-0.4, -0.2) is 23.1 Å². The van der Waals surface area contributed by atoms with E-state index in [4.69, 9.17) is 5.73 Å². The van der Waals surface area contributed by atoms with Crippen LogP contribution in [-0.2, 0) is 0 Å². The second-order valence-electron chi connectivity index (χ2n) is 3.30. The number of fused-ring (bicyclic) bond motifs is 1. The van der Waals surface area contributed by atoms with Gasteiger partial charge in [-0.15, -0.1) is 0 Å². The number of benzene rings is 1. The molecule has 0 unspecified atom stereocenters. The van der Waals surface area contributed by atoms with E-state index >= 15 is 0 Å². The lowest BCUT2D eigenvalue weighted by Crippen LogP contribution is -2.08. The highest BCUT2D eigenvalue weighted by Crippen LogP contribution is 2.18. The highest BCUT2D eigenvalue weighted by Gasteiger charge is 1.96. The zero-order valence-corrected chi connectivity index (χ0v) is 8.94. The Morgan fingerprint density at radius 2 is 2.44 bits per heavy atom. The Morgan fingerprint density at radius 3 is 3.25 bits per heavy atom. The van der Waals surface area contributed by atoms with Crippen LogP contribution in [0.25, 0.3) is 10.9 Å². The fourth-order valence-electron chi connectivity index (χ4n) is 1.35. The number of aromatic nitrogens is 2. The van der Waals surface area contributed by atoms with Crippen LogP contribution in [0, 0.1) is 0 Å². The summed E-state index contributed by atoms with van der Waals surface area (Å²) in [6.07, 6.45) is 5.20. The van der Waals surface area contributed by atoms with Gasteiger partial charge in [-0.3, -0.25) is 5.10 Å². The van der Waals surface area contributed by atoms with Crippen molar-refractivity contribution >= 4 is 22.4 Å². The lowest BCUT2D eigenvalue weighted by Gasteiger charge is -1.96. The highest BCUT2D eigenvalue weighted by atomic mass is 15.1. The van der Waals surface area contributed by atoms with Crippen molar-refractivity contribution < 1.29 is 0 Å². The van der Waals surface area contributed by atoms with Crippen LogP contribution in [0.15, 0.2) is 41.7 Å². The number of nitrogens with one attached hydrogen (secondary N) is 2. The van der Waals surface area contributed by atoms with E-state index in [9.17, 15) is 0 Å². The molecule has 16 heavy (non-hydrogen) atoms. The lowest BCUT2D eigenvalue weighted by molar-refractivity contribution is 1.10. The summed E-state index contributed by atoms with van der Waals surface area (Å²) in [5.74, 6) is 0.456. The van der Waals surface area contributed by atoms with Crippen molar-refractivity contribution in [3.05, 3.63) is 36.7 Å². The smallest absolute Gasteiger partial charge is 0.125 e. The number of nitrogens with two attached hydrogens (primary N) is 1. The molecule has 4 N–H and O–H groups in total. The first-order valence-corrected chi connectivity index (χ1v) is 4.91. The summed E-state index contributed by atoms with van der Waals surface area (Å²) in [6, 6.07) is 5.75. The highest BCUT2D eigenvalue weighted by molar-refractivity contribution is 5.94. The van der Waals surface area contributed by atoms with E-state index in [1.165, 1.54) is 0 Å². The van der Waals surface area contributed by atoms with Crippen LogP contribution in [0.2, 0.25) is 0 Å². The van der Waals surface area contributed by atoms with Crippen LogP contribution >= 0.6 is 0 Å². The molecular formula is C11H13N5. The molecule has 1 aromatic carbocycles. The Balaban J connectivity index is 2.29. The molecule has 0 amide bonds. The van der Waals surface area contributed by atoms with Gasteiger partial charge in [0.25, 0.3) is 0 Å². The SMILES string of the molecule is CN/C=C\C(N)=Nc1ccc2[nH]ncc2c1. The number of H-pyrrole nitrogens is 1. The van der Waals surface area contributed by atoms with Gasteiger partial charge in [0.05, 0.1) is 17.4 Å². The molecule has 2 rings (SSSR count). The van der Waals surface area contributed by atoms with Gasteiger partial charge in [0, 0.05) is 12.4 Å². The number of amidine groups is 1. The molecule has 0 aliphatic carbocycles. The average molecular weight is 215 g/mol. The number of rotatable bonds is 3. The molecule has 0 aliphatic rings. The van der Waals surface area contributed by atoms with Gasteiger partial charge in [0.2, 0.25) is 0 Å². The van der Waals surface area contributed by atoms with Crippen molar-refractivity contribution in [1.82, 2.24) is 15.5 Å². The third-order valence-electron chi connectivity index (χ3n) is 2.10. The molecule has 2 aromatic rings. The summed E-state index contributed by atoms with van der Waals surface area (Å²) in [4.78, 5) is 4.25. The third kappa shape index (κ3) is 2.20. The molecule has 82 valence electrons. The van der Waals surface area contributed by atoms with Crippen LogP contribution in [0.1, 0.15) is 0 Å². The Labute approximate surface area is 93.1 Å². The summed E-state index contributed by atoms with van der Waals surface area (Å²) in [6.45, 7) is 0. The van der Waals surface area contributed by atoms with Crippen molar-refractivity contribution in [2.75, 3.05) is 7.05 Å². The maximum absolute atomic E-state index is 5.71.